The van der Waals surface area contributed by atoms with E-state index < -0.39 is 18.3 Å². The van der Waals surface area contributed by atoms with E-state index in [1.807, 2.05) is 0 Å². The van der Waals surface area contributed by atoms with E-state index in [0.717, 1.165) is 6.07 Å². The van der Waals surface area contributed by atoms with Crippen molar-refractivity contribution in [2.45, 2.75) is 19.3 Å². The van der Waals surface area contributed by atoms with Gasteiger partial charge in [0.15, 0.2) is 6.61 Å². The number of hydrogen-bond acceptors (Lipinski definition) is 5. The summed E-state index contributed by atoms with van der Waals surface area (Å²) in [4.78, 5) is 25.4. The van der Waals surface area contributed by atoms with Gasteiger partial charge in [-0.1, -0.05) is 18.2 Å². The van der Waals surface area contributed by atoms with Gasteiger partial charge in [-0.3, -0.25) is 9.59 Å². The second-order valence-electron chi connectivity index (χ2n) is 6.79. The molecule has 0 aromatic heterocycles. The second-order valence-corrected chi connectivity index (χ2v) is 6.79. The normalized spacial score (nSPS) is 15.9. The molecule has 10 heteroatoms. The summed E-state index contributed by atoms with van der Waals surface area (Å²) in [6.07, 6.45) is -0.322. The lowest BCUT2D eigenvalue weighted by atomic mass is 10.1. The lowest BCUT2D eigenvalue weighted by Gasteiger charge is -2.39. The quantitative estimate of drug-likeness (QED) is 0.775. The first kappa shape index (κ1) is 20.0. The van der Waals surface area contributed by atoms with Crippen molar-refractivity contribution in [2.75, 3.05) is 25.0 Å². The molecule has 2 aromatic rings. The lowest BCUT2D eigenvalue weighted by molar-refractivity contribution is -0.118. The Morgan fingerprint density at radius 2 is 2.03 bits per heavy atom. The minimum Gasteiger partial charge on any atom is -0.481 e. The average molecular weight is 422 g/mol. The van der Waals surface area contributed by atoms with Gasteiger partial charge in [0.25, 0.3) is 11.8 Å². The Morgan fingerprint density at radius 1 is 1.27 bits per heavy atom. The number of carbonyl (C=O) groups excluding carboxylic acids is 2. The number of carbonyl (C=O) groups is 2. The smallest absolute Gasteiger partial charge is 0.387 e. The molecule has 1 saturated heterocycles. The highest BCUT2D eigenvalue weighted by molar-refractivity contribution is 6.00. The number of fused-ring (bicyclic) bond motifs is 1. The molecule has 2 aromatic carbocycles. The molecule has 1 N–H and O–H groups in total. The van der Waals surface area contributed by atoms with Crippen LogP contribution in [0.2, 0.25) is 0 Å². The Bertz CT molecular complexity index is 979. The van der Waals surface area contributed by atoms with Crippen LogP contribution in [0.1, 0.15) is 15.9 Å². The maximum atomic E-state index is 14.3. The van der Waals surface area contributed by atoms with E-state index in [9.17, 15) is 22.8 Å². The van der Waals surface area contributed by atoms with Gasteiger partial charge in [-0.05, 0) is 12.1 Å². The van der Waals surface area contributed by atoms with Crippen LogP contribution >= 0.6 is 0 Å². The zero-order chi connectivity index (χ0) is 21.3. The summed E-state index contributed by atoms with van der Waals surface area (Å²) in [5, 5.41) is 2.53. The van der Waals surface area contributed by atoms with Gasteiger partial charge in [0.1, 0.15) is 17.3 Å². The number of likely N-dealkylation sites (tertiary alicyclic amines) is 1. The van der Waals surface area contributed by atoms with E-state index in [1.54, 1.807) is 18.2 Å². The summed E-state index contributed by atoms with van der Waals surface area (Å²) in [5.41, 5.74) is 0.507. The second kappa shape index (κ2) is 8.23. The first-order valence-electron chi connectivity index (χ1n) is 9.10. The number of halogens is 3. The van der Waals surface area contributed by atoms with Crippen LogP contribution in [0.5, 0.6) is 11.5 Å². The molecule has 0 radical (unpaired) electrons. The zero-order valence-electron chi connectivity index (χ0n) is 15.6. The van der Waals surface area contributed by atoms with Crippen molar-refractivity contribution in [3.63, 3.8) is 0 Å². The molecule has 30 heavy (non-hydrogen) atoms. The molecule has 2 amide bonds. The van der Waals surface area contributed by atoms with Crippen molar-refractivity contribution in [2.24, 2.45) is 0 Å². The van der Waals surface area contributed by atoms with Crippen LogP contribution in [0, 0.1) is 5.82 Å². The Labute approximate surface area is 169 Å². The van der Waals surface area contributed by atoms with Crippen molar-refractivity contribution in [3.8, 4) is 11.5 Å². The highest BCUT2D eigenvalue weighted by atomic mass is 19.3. The standard InChI is InChI=1S/C20H17F3N2O5/c21-14-6-17-15(24-18(26)10-29-17)5-13(14)19(27)25-7-12(8-25)28-9-11-3-1-2-4-16(11)30-20(22)23/h1-6,12,20H,7-10H2,(H,24,26). The fourth-order valence-corrected chi connectivity index (χ4v) is 3.19. The van der Waals surface area contributed by atoms with Crippen LogP contribution in [0.3, 0.4) is 0 Å². The van der Waals surface area contributed by atoms with Crippen molar-refractivity contribution in [3.05, 3.63) is 53.3 Å². The highest BCUT2D eigenvalue weighted by Crippen LogP contribution is 2.32. The Balaban J connectivity index is 1.35. The topological polar surface area (TPSA) is 77.1 Å². The molecule has 2 aliphatic heterocycles. The van der Waals surface area contributed by atoms with Crippen LogP contribution in [0.4, 0.5) is 18.9 Å². The fraction of sp³-hybridized carbons (Fsp3) is 0.300. The third kappa shape index (κ3) is 4.18. The number of anilines is 1. The fourth-order valence-electron chi connectivity index (χ4n) is 3.19. The predicted molar refractivity (Wildman–Crippen MR) is 98.1 cm³/mol. The van der Waals surface area contributed by atoms with Crippen LogP contribution in [-0.4, -0.2) is 49.1 Å². The van der Waals surface area contributed by atoms with E-state index in [1.165, 1.54) is 17.0 Å². The summed E-state index contributed by atoms with van der Waals surface area (Å²) >= 11 is 0. The predicted octanol–water partition coefficient (Wildman–Crippen LogP) is 2.80. The van der Waals surface area contributed by atoms with Crippen LogP contribution < -0.4 is 14.8 Å². The van der Waals surface area contributed by atoms with Gasteiger partial charge in [0, 0.05) is 24.7 Å². The summed E-state index contributed by atoms with van der Waals surface area (Å²) in [6, 6.07) is 8.59. The number of rotatable bonds is 6. The summed E-state index contributed by atoms with van der Waals surface area (Å²) in [6.45, 7) is -2.68. The summed E-state index contributed by atoms with van der Waals surface area (Å²) in [7, 11) is 0. The molecule has 4 rings (SSSR count). The Kier molecular flexibility index (Phi) is 5.49. The third-order valence-corrected chi connectivity index (χ3v) is 4.73. The van der Waals surface area contributed by atoms with E-state index in [-0.39, 0.29) is 61.1 Å². The minimum atomic E-state index is -2.94. The first-order valence-corrected chi connectivity index (χ1v) is 9.10. The molecular formula is C20H17F3N2O5. The monoisotopic (exact) mass is 422 g/mol. The molecule has 0 spiro atoms. The molecular weight excluding hydrogens is 405 g/mol. The van der Waals surface area contributed by atoms with Gasteiger partial charge in [0.05, 0.1) is 24.0 Å². The van der Waals surface area contributed by atoms with Crippen LogP contribution in [0.25, 0.3) is 0 Å². The van der Waals surface area contributed by atoms with Gasteiger partial charge in [-0.25, -0.2) is 4.39 Å². The lowest BCUT2D eigenvalue weighted by Crippen LogP contribution is -2.54. The number of para-hydroxylation sites is 1. The van der Waals surface area contributed by atoms with Crippen molar-refractivity contribution in [1.29, 1.82) is 0 Å². The molecule has 2 aliphatic rings. The summed E-state index contributed by atoms with van der Waals surface area (Å²) in [5.74, 6) is -1.49. The molecule has 0 atom stereocenters. The summed E-state index contributed by atoms with van der Waals surface area (Å²) < 4.78 is 54.5. The molecule has 0 unspecified atom stereocenters. The molecule has 1 fully saturated rings. The van der Waals surface area contributed by atoms with E-state index in [0.29, 0.717) is 5.56 Å². The highest BCUT2D eigenvalue weighted by Gasteiger charge is 2.34. The van der Waals surface area contributed by atoms with E-state index in [2.05, 4.69) is 10.1 Å². The molecule has 158 valence electrons. The van der Waals surface area contributed by atoms with Gasteiger partial charge in [-0.2, -0.15) is 8.78 Å². The molecule has 2 heterocycles. The number of nitrogens with zero attached hydrogens (tertiary/aromatic N) is 1. The number of benzene rings is 2. The van der Waals surface area contributed by atoms with Crippen molar-refractivity contribution < 1.29 is 37.0 Å². The largest absolute Gasteiger partial charge is 0.481 e. The van der Waals surface area contributed by atoms with Gasteiger partial charge in [0.2, 0.25) is 0 Å². The molecule has 0 bridgehead atoms. The van der Waals surface area contributed by atoms with Crippen molar-refractivity contribution in [1.82, 2.24) is 4.90 Å². The molecule has 0 aliphatic carbocycles. The maximum absolute atomic E-state index is 14.3. The average Bonchev–Trinajstić information content (AvgIpc) is 2.67. The molecule has 7 nitrogen and oxygen atoms in total. The van der Waals surface area contributed by atoms with Gasteiger partial charge < -0.3 is 24.4 Å². The SMILES string of the molecule is O=C1COc2cc(F)c(C(=O)N3CC(OCc4ccccc4OC(F)F)C3)cc2N1. The van der Waals surface area contributed by atoms with Gasteiger partial charge in [-0.15, -0.1) is 0 Å². The number of amides is 2. The Hall–Kier alpha value is -3.27. The number of alkyl halides is 2. The molecule has 0 saturated carbocycles. The zero-order valence-corrected chi connectivity index (χ0v) is 15.6. The minimum absolute atomic E-state index is 0.0279. The first-order chi connectivity index (χ1) is 14.4. The van der Waals surface area contributed by atoms with Crippen LogP contribution in [-0.2, 0) is 16.1 Å². The third-order valence-electron chi connectivity index (χ3n) is 4.73. The van der Waals surface area contributed by atoms with E-state index in [4.69, 9.17) is 9.47 Å². The van der Waals surface area contributed by atoms with Crippen LogP contribution in [0.15, 0.2) is 36.4 Å². The Morgan fingerprint density at radius 3 is 2.80 bits per heavy atom. The maximum Gasteiger partial charge on any atom is 0.387 e. The van der Waals surface area contributed by atoms with E-state index >= 15 is 0 Å². The van der Waals surface area contributed by atoms with Crippen molar-refractivity contribution >= 4 is 17.5 Å². The van der Waals surface area contributed by atoms with Gasteiger partial charge >= 0.3 is 6.61 Å². The number of ether oxygens (including phenoxy) is 3. The number of hydrogen-bond donors (Lipinski definition) is 1. The number of nitrogens with one attached hydrogen (secondary N) is 1.